The molecular weight excluding hydrogens is 452 g/mol. The molecule has 5 rings (SSSR count). The molecule has 0 saturated carbocycles. The van der Waals surface area contributed by atoms with Crippen LogP contribution in [0.2, 0.25) is 0 Å². The number of rotatable bonds is 5. The first-order valence-electron chi connectivity index (χ1n) is 13.5. The van der Waals surface area contributed by atoms with Crippen LogP contribution in [0.5, 0.6) is 0 Å². The highest BCUT2D eigenvalue weighted by Crippen LogP contribution is 2.46. The van der Waals surface area contributed by atoms with Gasteiger partial charge in [0.25, 0.3) is 11.4 Å². The number of piperidine rings is 2. The van der Waals surface area contributed by atoms with Crippen LogP contribution in [0.4, 0.5) is 0 Å². The molecule has 2 aliphatic heterocycles. The third-order valence-electron chi connectivity index (χ3n) is 8.18. The first kappa shape index (κ1) is 25.1. The van der Waals surface area contributed by atoms with Crippen molar-refractivity contribution >= 4 is 17.4 Å². The molecule has 1 unspecified atom stereocenters. The molecule has 1 aromatic heterocycles. The topological polar surface area (TPSA) is 44.5 Å². The van der Waals surface area contributed by atoms with Crippen LogP contribution in [-0.4, -0.2) is 56.3 Å². The lowest BCUT2D eigenvalue weighted by molar-refractivity contribution is 0.115. The van der Waals surface area contributed by atoms with Gasteiger partial charge in [-0.2, -0.15) is 9.65 Å². The average molecular weight is 496 g/mol. The van der Waals surface area contributed by atoms with E-state index in [-0.39, 0.29) is 10.8 Å². The van der Waals surface area contributed by atoms with Crippen molar-refractivity contribution in [1.29, 1.82) is 0 Å². The standard InChI is InChI=1S/C29H43N4OS/c1-22(2)33-27-17-25-13-16-32(35(34)26-11-9-24(10-12-26)28(3,4)5)21-29(25,18-23(27)19-30-33)20-31-14-7-6-8-15-31/h9-12,17,19,22,34H,6-8,13-16,18,20-21H2,1-5H3/q+1/t29-,35?/m0/s1. The van der Waals surface area contributed by atoms with Crippen molar-refractivity contribution in [2.24, 2.45) is 5.41 Å². The van der Waals surface area contributed by atoms with E-state index in [1.165, 1.54) is 49.2 Å². The van der Waals surface area contributed by atoms with Gasteiger partial charge in [-0.05, 0) is 87.4 Å². The largest absolute Gasteiger partial charge is 0.302 e. The fourth-order valence-corrected chi connectivity index (χ4v) is 7.50. The Labute approximate surface area is 214 Å². The van der Waals surface area contributed by atoms with Crippen LogP contribution >= 0.6 is 0 Å². The second-order valence-electron chi connectivity index (χ2n) is 12.2. The Kier molecular flexibility index (Phi) is 6.94. The Bertz CT molecular complexity index is 1060. The number of nitrogens with zero attached hydrogens (tertiary/aromatic N) is 4. The lowest BCUT2D eigenvalue weighted by Gasteiger charge is -2.47. The maximum atomic E-state index is 11.5. The number of aromatic nitrogens is 2. The van der Waals surface area contributed by atoms with E-state index in [4.69, 9.17) is 5.10 Å². The fourth-order valence-electron chi connectivity index (χ4n) is 6.19. The van der Waals surface area contributed by atoms with Gasteiger partial charge in [-0.25, -0.2) is 0 Å². The minimum atomic E-state index is -0.896. The van der Waals surface area contributed by atoms with E-state index >= 15 is 0 Å². The van der Waals surface area contributed by atoms with Crippen molar-refractivity contribution in [1.82, 2.24) is 19.0 Å². The summed E-state index contributed by atoms with van der Waals surface area (Å²) in [4.78, 5) is 3.72. The Morgan fingerprint density at radius 2 is 1.77 bits per heavy atom. The zero-order valence-electron chi connectivity index (χ0n) is 22.3. The Balaban J connectivity index is 1.43. The van der Waals surface area contributed by atoms with Crippen LogP contribution in [0.15, 0.2) is 40.9 Å². The van der Waals surface area contributed by atoms with Gasteiger partial charge in [-0.1, -0.05) is 49.2 Å². The smallest absolute Gasteiger partial charge is 0.278 e. The molecule has 0 spiro atoms. The molecule has 0 amide bonds. The SMILES string of the molecule is CC(C)n1ncc2c1C=C1CCN([S+](O)c3ccc(C(C)(C)C)cc3)C[C@@]1(CN1CCCCC1)C2. The van der Waals surface area contributed by atoms with E-state index < -0.39 is 11.4 Å². The molecule has 35 heavy (non-hydrogen) atoms. The summed E-state index contributed by atoms with van der Waals surface area (Å²) in [6.07, 6.45) is 10.6. The highest BCUT2D eigenvalue weighted by Gasteiger charge is 2.49. The summed E-state index contributed by atoms with van der Waals surface area (Å²) in [5.41, 5.74) is 5.72. The van der Waals surface area contributed by atoms with Gasteiger partial charge < -0.3 is 4.90 Å². The summed E-state index contributed by atoms with van der Waals surface area (Å²) < 4.78 is 16.1. The lowest BCUT2D eigenvalue weighted by atomic mass is 9.68. The molecule has 2 saturated heterocycles. The second kappa shape index (κ2) is 9.70. The van der Waals surface area contributed by atoms with Gasteiger partial charge in [0, 0.05) is 18.0 Å². The van der Waals surface area contributed by atoms with Gasteiger partial charge in [-0.15, -0.1) is 0 Å². The van der Waals surface area contributed by atoms with Crippen LogP contribution < -0.4 is 0 Å². The third kappa shape index (κ3) is 5.00. The van der Waals surface area contributed by atoms with Gasteiger partial charge in [-0.3, -0.25) is 4.68 Å². The molecule has 0 bridgehead atoms. The van der Waals surface area contributed by atoms with E-state index in [9.17, 15) is 4.55 Å². The minimum Gasteiger partial charge on any atom is -0.302 e. The fraction of sp³-hybridized carbons (Fsp3) is 0.621. The summed E-state index contributed by atoms with van der Waals surface area (Å²) >= 11 is -0.896. The van der Waals surface area contributed by atoms with E-state index in [1.54, 1.807) is 5.57 Å². The molecule has 0 radical (unpaired) electrons. The Morgan fingerprint density at radius 3 is 2.43 bits per heavy atom. The van der Waals surface area contributed by atoms with Crippen LogP contribution in [0.1, 0.15) is 83.2 Å². The zero-order chi connectivity index (χ0) is 24.8. The molecule has 190 valence electrons. The molecule has 2 aromatic rings. The van der Waals surface area contributed by atoms with Crippen molar-refractivity contribution in [3.8, 4) is 0 Å². The zero-order valence-corrected chi connectivity index (χ0v) is 23.1. The van der Waals surface area contributed by atoms with Crippen LogP contribution in [0, 0.1) is 5.41 Å². The van der Waals surface area contributed by atoms with Crippen molar-refractivity contribution in [2.45, 2.75) is 83.1 Å². The monoisotopic (exact) mass is 495 g/mol. The highest BCUT2D eigenvalue weighted by molar-refractivity contribution is 7.89. The number of hydrogen-bond acceptors (Lipinski definition) is 4. The highest BCUT2D eigenvalue weighted by atomic mass is 32.2. The van der Waals surface area contributed by atoms with E-state index in [0.29, 0.717) is 6.04 Å². The Morgan fingerprint density at radius 1 is 1.06 bits per heavy atom. The summed E-state index contributed by atoms with van der Waals surface area (Å²) in [5.74, 6) is 0. The van der Waals surface area contributed by atoms with Crippen molar-refractivity contribution in [3.05, 3.63) is 52.9 Å². The molecule has 1 N–H and O–H groups in total. The molecule has 1 aromatic carbocycles. The number of benzene rings is 1. The van der Waals surface area contributed by atoms with Gasteiger partial charge in [0.05, 0.1) is 25.0 Å². The van der Waals surface area contributed by atoms with Gasteiger partial charge in [0.2, 0.25) is 4.90 Å². The van der Waals surface area contributed by atoms with Gasteiger partial charge >= 0.3 is 0 Å². The predicted molar refractivity (Wildman–Crippen MR) is 147 cm³/mol. The van der Waals surface area contributed by atoms with Gasteiger partial charge in [0.1, 0.15) is 0 Å². The van der Waals surface area contributed by atoms with Crippen LogP contribution in [0.25, 0.3) is 6.08 Å². The molecule has 2 atom stereocenters. The maximum Gasteiger partial charge on any atom is 0.278 e. The Hall–Kier alpha value is -1.60. The number of likely N-dealkylation sites (tertiary alicyclic amines) is 1. The van der Waals surface area contributed by atoms with E-state index in [1.807, 2.05) is 0 Å². The van der Waals surface area contributed by atoms with Crippen molar-refractivity contribution < 1.29 is 4.55 Å². The third-order valence-corrected chi connectivity index (χ3v) is 9.68. The molecule has 1 aliphatic carbocycles. The molecule has 6 heteroatoms. The van der Waals surface area contributed by atoms with Crippen LogP contribution in [0.3, 0.4) is 0 Å². The number of hydrogen-bond donors (Lipinski definition) is 1. The second-order valence-corrected chi connectivity index (χ2v) is 13.7. The summed E-state index contributed by atoms with van der Waals surface area (Å²) in [7, 11) is 0. The molecule has 5 nitrogen and oxygen atoms in total. The van der Waals surface area contributed by atoms with E-state index in [2.05, 4.69) is 85.0 Å². The molecule has 3 heterocycles. The van der Waals surface area contributed by atoms with Gasteiger partial charge in [0.15, 0.2) is 0 Å². The lowest BCUT2D eigenvalue weighted by Crippen LogP contribution is -2.54. The van der Waals surface area contributed by atoms with Crippen LogP contribution in [-0.2, 0) is 23.2 Å². The maximum absolute atomic E-state index is 11.5. The summed E-state index contributed by atoms with van der Waals surface area (Å²) in [6.45, 7) is 16.4. The van der Waals surface area contributed by atoms with Crippen molar-refractivity contribution in [2.75, 3.05) is 32.7 Å². The van der Waals surface area contributed by atoms with E-state index in [0.717, 1.165) is 37.4 Å². The minimum absolute atomic E-state index is 0.0484. The number of fused-ring (bicyclic) bond motifs is 2. The molecule has 2 fully saturated rings. The van der Waals surface area contributed by atoms with Crippen molar-refractivity contribution in [3.63, 3.8) is 0 Å². The molecular formula is C29H43N4OS+. The molecule has 3 aliphatic rings. The normalized spacial score (nSPS) is 24.7. The first-order chi connectivity index (χ1) is 16.7. The predicted octanol–water partition coefficient (Wildman–Crippen LogP) is 5.94. The summed E-state index contributed by atoms with van der Waals surface area (Å²) in [5, 5.41) is 4.76. The quantitative estimate of drug-likeness (QED) is 0.521. The summed E-state index contributed by atoms with van der Waals surface area (Å²) in [6, 6.07) is 9.02. The first-order valence-corrected chi connectivity index (χ1v) is 14.6. The average Bonchev–Trinajstić information content (AvgIpc) is 3.24.